The highest BCUT2D eigenvalue weighted by atomic mass is 35.5. The normalized spacial score (nSPS) is 17.2. The van der Waals surface area contributed by atoms with Crippen LogP contribution in [0.5, 0.6) is 0 Å². The fraction of sp³-hybridized carbons (Fsp3) is 0.571. The lowest BCUT2D eigenvalue weighted by atomic mass is 10.6. The molecule has 1 rings (SSSR count). The van der Waals surface area contributed by atoms with Crippen molar-refractivity contribution in [3.05, 3.63) is 5.62 Å². The van der Waals surface area contributed by atoms with E-state index in [1.165, 1.54) is 0 Å². The van der Waals surface area contributed by atoms with Gasteiger partial charge in [0.25, 0.3) is 5.62 Å². The highest BCUT2D eigenvalue weighted by molar-refractivity contribution is 6.28. The van der Waals surface area contributed by atoms with E-state index in [4.69, 9.17) is 11.6 Å². The molecule has 0 bridgehead atoms. The number of aliphatic imine (C=N–C) groups is 2. The lowest BCUT2D eigenvalue weighted by molar-refractivity contribution is 0.846. The number of nitrogens with zero attached hydrogens (tertiary/aromatic N) is 2. The smallest absolute Gasteiger partial charge is 0.271 e. The molecule has 0 aromatic rings. The molecule has 0 aromatic carbocycles. The first-order valence-electron chi connectivity index (χ1n) is 4.20. The quantitative estimate of drug-likeness (QED) is 0.561. The molecule has 3 N–H and O–H groups in total. The Labute approximate surface area is 82.7 Å². The molecule has 1 aliphatic rings. The summed E-state index contributed by atoms with van der Waals surface area (Å²) >= 11 is 5.73. The van der Waals surface area contributed by atoms with Gasteiger partial charge in [0, 0.05) is 13.1 Å². The van der Waals surface area contributed by atoms with Gasteiger partial charge in [-0.15, -0.1) is 0 Å². The Kier molecular flexibility index (Phi) is 3.82. The molecule has 6 heteroatoms. The summed E-state index contributed by atoms with van der Waals surface area (Å²) in [6.07, 6.45) is 0. The van der Waals surface area contributed by atoms with Crippen LogP contribution in [0.3, 0.4) is 0 Å². The number of rotatable bonds is 2. The van der Waals surface area contributed by atoms with Gasteiger partial charge in [-0.3, -0.25) is 0 Å². The van der Waals surface area contributed by atoms with Gasteiger partial charge in [-0.05, 0) is 13.8 Å². The van der Waals surface area contributed by atoms with Crippen molar-refractivity contribution < 1.29 is 0 Å². The molecule has 1 heterocycles. The van der Waals surface area contributed by atoms with Gasteiger partial charge in [0.15, 0.2) is 0 Å². The van der Waals surface area contributed by atoms with Crippen LogP contribution in [-0.4, -0.2) is 25.0 Å². The SMILES string of the molecule is CCNC1=N[C](Cl)NC(NCC)=N1. The number of hydrogen-bond acceptors (Lipinski definition) is 5. The van der Waals surface area contributed by atoms with Gasteiger partial charge < -0.3 is 16.0 Å². The molecule has 0 amide bonds. The first-order chi connectivity index (χ1) is 6.26. The van der Waals surface area contributed by atoms with Crippen molar-refractivity contribution in [1.29, 1.82) is 0 Å². The summed E-state index contributed by atoms with van der Waals surface area (Å²) in [5.74, 6) is 1.15. The minimum Gasteiger partial charge on any atom is -0.356 e. The first kappa shape index (κ1) is 10.1. The van der Waals surface area contributed by atoms with Crippen LogP contribution in [0, 0.1) is 5.62 Å². The molecule has 0 atom stereocenters. The Balaban J connectivity index is 2.61. The number of guanidine groups is 2. The molecule has 1 aliphatic heterocycles. The molecule has 5 nitrogen and oxygen atoms in total. The summed E-state index contributed by atoms with van der Waals surface area (Å²) in [5, 5.41) is 8.80. The third kappa shape index (κ3) is 3.10. The van der Waals surface area contributed by atoms with E-state index in [9.17, 15) is 0 Å². The minimum absolute atomic E-state index is 0.321. The maximum Gasteiger partial charge on any atom is 0.271 e. The molecule has 13 heavy (non-hydrogen) atoms. The van der Waals surface area contributed by atoms with Crippen LogP contribution in [0.4, 0.5) is 0 Å². The zero-order chi connectivity index (χ0) is 9.68. The third-order valence-electron chi connectivity index (χ3n) is 1.32. The van der Waals surface area contributed by atoms with Crippen LogP contribution in [0.25, 0.3) is 0 Å². The Morgan fingerprint density at radius 3 is 2.54 bits per heavy atom. The van der Waals surface area contributed by atoms with Crippen molar-refractivity contribution in [3.63, 3.8) is 0 Å². The largest absolute Gasteiger partial charge is 0.356 e. The molecular weight excluding hydrogens is 190 g/mol. The van der Waals surface area contributed by atoms with E-state index in [1.54, 1.807) is 0 Å². The molecule has 0 saturated heterocycles. The first-order valence-corrected chi connectivity index (χ1v) is 4.58. The van der Waals surface area contributed by atoms with Crippen LogP contribution >= 0.6 is 11.6 Å². The maximum absolute atomic E-state index is 5.73. The second-order valence-electron chi connectivity index (χ2n) is 2.37. The molecule has 73 valence electrons. The van der Waals surface area contributed by atoms with Crippen molar-refractivity contribution in [1.82, 2.24) is 16.0 Å². The van der Waals surface area contributed by atoms with Crippen molar-refractivity contribution in [2.24, 2.45) is 9.98 Å². The van der Waals surface area contributed by atoms with Gasteiger partial charge in [0.1, 0.15) is 0 Å². The predicted molar refractivity (Wildman–Crippen MR) is 54.5 cm³/mol. The lowest BCUT2D eigenvalue weighted by Crippen LogP contribution is -2.43. The second-order valence-corrected chi connectivity index (χ2v) is 2.73. The van der Waals surface area contributed by atoms with Gasteiger partial charge in [-0.1, -0.05) is 11.6 Å². The van der Waals surface area contributed by atoms with Gasteiger partial charge in [-0.2, -0.15) is 4.99 Å². The monoisotopic (exact) mass is 202 g/mol. The fourth-order valence-electron chi connectivity index (χ4n) is 0.866. The van der Waals surface area contributed by atoms with E-state index < -0.39 is 0 Å². The van der Waals surface area contributed by atoms with E-state index in [2.05, 4.69) is 25.9 Å². The molecule has 0 aromatic heterocycles. The van der Waals surface area contributed by atoms with E-state index in [0.29, 0.717) is 17.5 Å². The maximum atomic E-state index is 5.73. The fourth-order valence-corrected chi connectivity index (χ4v) is 1.04. The number of nitrogens with one attached hydrogen (secondary N) is 3. The molecular formula is C7H13ClN5. The molecule has 0 fully saturated rings. The highest BCUT2D eigenvalue weighted by Crippen LogP contribution is 2.06. The van der Waals surface area contributed by atoms with E-state index in [-0.39, 0.29) is 0 Å². The second kappa shape index (κ2) is 4.91. The third-order valence-corrected chi connectivity index (χ3v) is 1.50. The Morgan fingerprint density at radius 1 is 1.23 bits per heavy atom. The highest BCUT2D eigenvalue weighted by Gasteiger charge is 2.14. The number of hydrogen-bond donors (Lipinski definition) is 3. The Bertz CT molecular complexity index is 225. The minimum atomic E-state index is 0.321. The number of halogens is 1. The molecule has 0 unspecified atom stereocenters. The van der Waals surface area contributed by atoms with E-state index in [1.807, 2.05) is 13.8 Å². The van der Waals surface area contributed by atoms with Crippen LogP contribution in [-0.2, 0) is 0 Å². The zero-order valence-corrected chi connectivity index (χ0v) is 8.44. The zero-order valence-electron chi connectivity index (χ0n) is 7.69. The Morgan fingerprint density at radius 2 is 1.92 bits per heavy atom. The molecule has 1 radical (unpaired) electrons. The average Bonchev–Trinajstić information content (AvgIpc) is 2.04. The van der Waals surface area contributed by atoms with Crippen LogP contribution in [0.1, 0.15) is 13.8 Å². The van der Waals surface area contributed by atoms with Gasteiger partial charge in [0.05, 0.1) is 0 Å². The standard InChI is InChI=1S/C7H13ClN5/c1-3-9-6-11-5(8)12-7(13-6)10-4-2/h3-4H2,1-2H3,(H3,9,10,11,12,13). The summed E-state index contributed by atoms with van der Waals surface area (Å²) in [6, 6.07) is 0. The van der Waals surface area contributed by atoms with Crippen LogP contribution < -0.4 is 16.0 Å². The van der Waals surface area contributed by atoms with Crippen molar-refractivity contribution in [3.8, 4) is 0 Å². The molecule has 0 spiro atoms. The summed E-state index contributed by atoms with van der Waals surface area (Å²) in [5.41, 5.74) is 0.321. The summed E-state index contributed by atoms with van der Waals surface area (Å²) in [7, 11) is 0. The van der Waals surface area contributed by atoms with Gasteiger partial charge in [-0.25, -0.2) is 4.99 Å². The van der Waals surface area contributed by atoms with Crippen LogP contribution in [0.2, 0.25) is 0 Å². The molecule has 0 saturated carbocycles. The van der Waals surface area contributed by atoms with Crippen molar-refractivity contribution in [2.45, 2.75) is 13.8 Å². The summed E-state index contributed by atoms with van der Waals surface area (Å²) < 4.78 is 0. The van der Waals surface area contributed by atoms with Crippen molar-refractivity contribution in [2.75, 3.05) is 13.1 Å². The topological polar surface area (TPSA) is 60.8 Å². The van der Waals surface area contributed by atoms with E-state index >= 15 is 0 Å². The molecule has 0 aliphatic carbocycles. The van der Waals surface area contributed by atoms with Crippen molar-refractivity contribution >= 4 is 23.5 Å². The van der Waals surface area contributed by atoms with Crippen LogP contribution in [0.15, 0.2) is 9.98 Å². The Hall–Kier alpha value is -0.970. The van der Waals surface area contributed by atoms with E-state index in [0.717, 1.165) is 13.1 Å². The van der Waals surface area contributed by atoms with Gasteiger partial charge in [0.2, 0.25) is 11.9 Å². The summed E-state index contributed by atoms with van der Waals surface area (Å²) in [6.45, 7) is 5.51. The van der Waals surface area contributed by atoms with Gasteiger partial charge >= 0.3 is 0 Å². The predicted octanol–water partition coefficient (Wildman–Crippen LogP) is 0.206. The summed E-state index contributed by atoms with van der Waals surface area (Å²) in [4.78, 5) is 8.09. The average molecular weight is 203 g/mol. The lowest BCUT2D eigenvalue weighted by Gasteiger charge is -2.17.